The van der Waals surface area contributed by atoms with Crippen LogP contribution in [0.5, 0.6) is 0 Å². The Labute approximate surface area is 186 Å². The molecule has 3 rings (SSSR count). The monoisotopic (exact) mass is 436 g/mol. The third-order valence-corrected chi connectivity index (χ3v) is 8.15. The van der Waals surface area contributed by atoms with Gasteiger partial charge in [-0.1, -0.05) is 56.3 Å². The molecule has 0 unspecified atom stereocenters. The molecule has 0 fully saturated rings. The van der Waals surface area contributed by atoms with Gasteiger partial charge in [-0.05, 0) is 60.4 Å². The molecule has 0 aliphatic carbocycles. The van der Waals surface area contributed by atoms with Crippen molar-refractivity contribution in [2.24, 2.45) is 0 Å². The van der Waals surface area contributed by atoms with E-state index in [1.165, 1.54) is 5.56 Å². The quantitative estimate of drug-likeness (QED) is 0.383. The molecule has 3 aromatic rings. The van der Waals surface area contributed by atoms with E-state index in [-0.39, 0.29) is 0 Å². The first kappa shape index (κ1) is 23.1. The summed E-state index contributed by atoms with van der Waals surface area (Å²) in [5.74, 6) is -0.0619. The Balaban J connectivity index is 2.09. The molecule has 164 valence electrons. The zero-order chi connectivity index (χ0) is 22.4. The van der Waals surface area contributed by atoms with Gasteiger partial charge in [0.15, 0.2) is 0 Å². The van der Waals surface area contributed by atoms with Gasteiger partial charge in [-0.3, -0.25) is 4.57 Å². The maximum absolute atomic E-state index is 14.5. The molecule has 4 nitrogen and oxygen atoms in total. The van der Waals surface area contributed by atoms with Crippen LogP contribution in [-0.2, 0) is 9.09 Å². The van der Waals surface area contributed by atoms with Crippen molar-refractivity contribution in [1.82, 2.24) is 0 Å². The van der Waals surface area contributed by atoms with Crippen molar-refractivity contribution in [2.45, 2.75) is 32.5 Å². The van der Waals surface area contributed by atoms with E-state index >= 15 is 0 Å². The predicted octanol–water partition coefficient (Wildman–Crippen LogP) is 6.63. The summed E-state index contributed by atoms with van der Waals surface area (Å²) in [7, 11) is 0.699. The van der Waals surface area contributed by atoms with Crippen molar-refractivity contribution in [3.05, 3.63) is 90.0 Å². The Morgan fingerprint density at radius 3 is 1.97 bits per heavy atom. The van der Waals surface area contributed by atoms with E-state index in [2.05, 4.69) is 43.4 Å². The van der Waals surface area contributed by atoms with Gasteiger partial charge in [-0.25, -0.2) is 0 Å². The molecule has 0 spiro atoms. The van der Waals surface area contributed by atoms with Crippen LogP contribution in [-0.4, -0.2) is 20.7 Å². The first-order valence-electron chi connectivity index (χ1n) is 10.8. The Morgan fingerprint density at radius 2 is 1.45 bits per heavy atom. The number of hydrogen-bond donors (Lipinski definition) is 1. The summed E-state index contributed by atoms with van der Waals surface area (Å²) in [6.07, 6.45) is 0. The number of rotatable bonds is 9. The highest BCUT2D eigenvalue weighted by molar-refractivity contribution is 7.67. The van der Waals surface area contributed by atoms with E-state index in [1.807, 2.05) is 80.5 Å². The summed E-state index contributed by atoms with van der Waals surface area (Å²) in [5, 5.41) is 4.22. The lowest BCUT2D eigenvalue weighted by Gasteiger charge is -2.30. The van der Waals surface area contributed by atoms with E-state index in [4.69, 9.17) is 4.52 Å². The second kappa shape index (κ2) is 10.2. The molecule has 0 aromatic heterocycles. The Morgan fingerprint density at radius 1 is 0.871 bits per heavy atom. The highest BCUT2D eigenvalue weighted by Crippen LogP contribution is 2.59. The molecule has 0 bridgehead atoms. The highest BCUT2D eigenvalue weighted by atomic mass is 31.2. The average Bonchev–Trinajstić information content (AvgIpc) is 2.78. The number of hydrogen-bond acceptors (Lipinski definition) is 4. The van der Waals surface area contributed by atoms with Gasteiger partial charge >= 0.3 is 0 Å². The molecule has 1 N–H and O–H groups in total. The fourth-order valence-electron chi connectivity index (χ4n) is 3.57. The minimum atomic E-state index is -3.29. The molecule has 0 saturated carbocycles. The normalized spacial score (nSPS) is 14.1. The van der Waals surface area contributed by atoms with Gasteiger partial charge in [0.05, 0.1) is 6.61 Å². The van der Waals surface area contributed by atoms with E-state index in [9.17, 15) is 4.57 Å². The zero-order valence-corrected chi connectivity index (χ0v) is 20.0. The van der Waals surface area contributed by atoms with Crippen molar-refractivity contribution >= 4 is 24.0 Å². The molecular weight excluding hydrogens is 403 g/mol. The van der Waals surface area contributed by atoms with Crippen LogP contribution in [0.3, 0.4) is 0 Å². The van der Waals surface area contributed by atoms with Crippen LogP contribution in [0, 0.1) is 0 Å². The Kier molecular flexibility index (Phi) is 7.59. The average molecular weight is 437 g/mol. The first-order valence-corrected chi connectivity index (χ1v) is 12.5. The summed E-state index contributed by atoms with van der Waals surface area (Å²) in [6.45, 7) is 6.60. The van der Waals surface area contributed by atoms with Crippen LogP contribution in [0.4, 0.5) is 11.4 Å². The molecular formula is C26H33N2O2P. The van der Waals surface area contributed by atoms with Crippen molar-refractivity contribution in [3.8, 4) is 0 Å². The molecule has 0 amide bonds. The number of benzene rings is 3. The summed E-state index contributed by atoms with van der Waals surface area (Å²) >= 11 is 0. The molecule has 5 heteroatoms. The fourth-order valence-corrected chi connectivity index (χ4v) is 6.00. The fraction of sp³-hybridized carbons (Fsp3) is 0.308. The zero-order valence-electron chi connectivity index (χ0n) is 19.1. The highest BCUT2D eigenvalue weighted by Gasteiger charge is 2.37. The third-order valence-electron chi connectivity index (χ3n) is 5.38. The molecule has 2 atom stereocenters. The molecule has 3 aromatic carbocycles. The summed E-state index contributed by atoms with van der Waals surface area (Å²) in [5.41, 5.74) is 4.16. The molecule has 0 heterocycles. The Bertz CT molecular complexity index is 1000. The van der Waals surface area contributed by atoms with Crippen LogP contribution in [0.15, 0.2) is 78.9 Å². The minimum Gasteiger partial charge on any atom is -0.378 e. The summed E-state index contributed by atoms with van der Waals surface area (Å²) in [6, 6.07) is 26.1. The van der Waals surface area contributed by atoms with Crippen molar-refractivity contribution in [1.29, 1.82) is 0 Å². The van der Waals surface area contributed by atoms with E-state index in [1.54, 1.807) is 0 Å². The maximum atomic E-state index is 14.5. The SMILES string of the molecule is CCO[P@](=O)(c1ccc(N(C)C)cc1)[C@@H](Nc1ccccc1)c1ccc(C(C)C)cc1. The second-order valence-corrected chi connectivity index (χ2v) is 10.6. The third kappa shape index (κ3) is 5.39. The van der Waals surface area contributed by atoms with Gasteiger partial charge in [0.25, 0.3) is 7.37 Å². The molecule has 0 aliphatic rings. The molecule has 0 radical (unpaired) electrons. The van der Waals surface area contributed by atoms with Gasteiger partial charge in [0.1, 0.15) is 5.78 Å². The maximum Gasteiger partial charge on any atom is 0.258 e. The molecule has 0 saturated heterocycles. The lowest BCUT2D eigenvalue weighted by atomic mass is 10.0. The molecule has 0 aliphatic heterocycles. The van der Waals surface area contributed by atoms with Crippen LogP contribution < -0.4 is 15.5 Å². The van der Waals surface area contributed by atoms with Gasteiger partial charge in [0.2, 0.25) is 0 Å². The summed E-state index contributed by atoms with van der Waals surface area (Å²) in [4.78, 5) is 2.03. The van der Waals surface area contributed by atoms with Gasteiger partial charge in [-0.2, -0.15) is 0 Å². The van der Waals surface area contributed by atoms with Crippen LogP contribution in [0.1, 0.15) is 43.6 Å². The van der Waals surface area contributed by atoms with Crippen molar-refractivity contribution in [2.75, 3.05) is 30.9 Å². The van der Waals surface area contributed by atoms with Crippen molar-refractivity contribution < 1.29 is 9.09 Å². The number of para-hydroxylation sites is 1. The second-order valence-electron chi connectivity index (χ2n) is 8.16. The Hall–Kier alpha value is -2.55. The van der Waals surface area contributed by atoms with Gasteiger partial charge in [0, 0.05) is 30.8 Å². The van der Waals surface area contributed by atoms with E-state index in [0.29, 0.717) is 17.8 Å². The van der Waals surface area contributed by atoms with Gasteiger partial charge < -0.3 is 14.7 Å². The smallest absolute Gasteiger partial charge is 0.258 e. The van der Waals surface area contributed by atoms with E-state index in [0.717, 1.165) is 16.9 Å². The topological polar surface area (TPSA) is 41.6 Å². The number of nitrogens with zero attached hydrogens (tertiary/aromatic N) is 1. The van der Waals surface area contributed by atoms with Gasteiger partial charge in [-0.15, -0.1) is 0 Å². The standard InChI is InChI=1S/C26H33N2O2P/c1-6-30-31(29,25-18-16-24(17-19-25)28(4)5)26(27-23-10-8-7-9-11-23)22-14-12-21(13-15-22)20(2)3/h7-20,26-27H,6H2,1-5H3/t26-,31-/m1/s1. The first-order chi connectivity index (χ1) is 14.8. The summed E-state index contributed by atoms with van der Waals surface area (Å²) < 4.78 is 20.6. The minimum absolute atomic E-state index is 0.365. The lowest BCUT2D eigenvalue weighted by molar-refractivity contribution is 0.335. The van der Waals surface area contributed by atoms with Crippen LogP contribution in [0.25, 0.3) is 0 Å². The van der Waals surface area contributed by atoms with Crippen LogP contribution in [0.2, 0.25) is 0 Å². The van der Waals surface area contributed by atoms with Crippen LogP contribution >= 0.6 is 7.37 Å². The van der Waals surface area contributed by atoms with Crippen molar-refractivity contribution in [3.63, 3.8) is 0 Å². The molecule has 31 heavy (non-hydrogen) atoms. The predicted molar refractivity (Wildman–Crippen MR) is 133 cm³/mol. The lowest BCUT2D eigenvalue weighted by Crippen LogP contribution is -2.21. The van der Waals surface area contributed by atoms with E-state index < -0.39 is 13.2 Å². The number of nitrogens with one attached hydrogen (secondary N) is 1. The largest absolute Gasteiger partial charge is 0.378 e. The number of anilines is 2.